The Morgan fingerprint density at radius 3 is 1.20 bits per heavy atom. The molecule has 0 aliphatic heterocycles. The molecule has 2 heteroatoms. The maximum Gasteiger partial charge on any atom is 0.217 e. The van der Waals surface area contributed by atoms with Gasteiger partial charge in [-0.15, -0.1) is 0 Å². The van der Waals surface area contributed by atoms with E-state index in [4.69, 9.17) is 0 Å². The Kier molecular flexibility index (Phi) is 4.03. The minimum Gasteiger partial charge on any atom is -0.338 e. The van der Waals surface area contributed by atoms with Crippen LogP contribution in [0.3, 0.4) is 0 Å². The summed E-state index contributed by atoms with van der Waals surface area (Å²) in [5, 5.41) is 0. The molecule has 60 valence electrons. The van der Waals surface area contributed by atoms with E-state index in [1.807, 2.05) is 0 Å². The zero-order chi connectivity index (χ0) is 8.31. The van der Waals surface area contributed by atoms with Gasteiger partial charge < -0.3 is 4.81 Å². The third-order valence-electron chi connectivity index (χ3n) is 1.79. The lowest BCUT2D eigenvalue weighted by Gasteiger charge is -2.33. The smallest absolute Gasteiger partial charge is 0.217 e. The fourth-order valence-electron chi connectivity index (χ4n) is 1.79. The van der Waals surface area contributed by atoms with Gasteiger partial charge in [-0.1, -0.05) is 41.3 Å². The number of hydrogen-bond acceptors (Lipinski definition) is 1. The molecule has 0 spiro atoms. The van der Waals surface area contributed by atoms with Crippen molar-refractivity contribution in [2.75, 3.05) is 0 Å². The summed E-state index contributed by atoms with van der Waals surface area (Å²) in [6.45, 7) is 14.2. The van der Waals surface area contributed by atoms with Gasteiger partial charge in [-0.25, -0.2) is 0 Å². The van der Waals surface area contributed by atoms with E-state index in [2.05, 4.69) is 46.2 Å². The third kappa shape index (κ3) is 2.74. The zero-order valence-corrected chi connectivity index (χ0v) is 8.18. The topological polar surface area (TPSA) is 3.24 Å². The Labute approximate surface area is 65.9 Å². The van der Waals surface area contributed by atoms with E-state index in [0.717, 1.165) is 0 Å². The molecule has 0 unspecified atom stereocenters. The molecular weight excluding hydrogens is 121 g/mol. The van der Waals surface area contributed by atoms with Crippen LogP contribution in [-0.2, 0) is 0 Å². The standard InChI is InChI=1S/C8H20BN/c1-7(2)10(8(3)4)9(5)6/h7-8H,1-6H3. The molecule has 0 atom stereocenters. The second-order valence-corrected chi connectivity index (χ2v) is 3.73. The molecule has 0 N–H and O–H groups in total. The van der Waals surface area contributed by atoms with Gasteiger partial charge in [-0.3, -0.25) is 0 Å². The number of nitrogens with zero attached hydrogens (tertiary/aromatic N) is 1. The van der Waals surface area contributed by atoms with Crippen molar-refractivity contribution in [3.8, 4) is 0 Å². The highest BCUT2D eigenvalue weighted by atomic mass is 15.1. The lowest BCUT2D eigenvalue weighted by atomic mass is 9.64. The highest BCUT2D eigenvalue weighted by molar-refractivity contribution is 6.52. The van der Waals surface area contributed by atoms with Gasteiger partial charge in [0.05, 0.1) is 0 Å². The van der Waals surface area contributed by atoms with Gasteiger partial charge in [0.2, 0.25) is 6.85 Å². The maximum atomic E-state index is 2.50. The first-order valence-electron chi connectivity index (χ1n) is 4.24. The summed E-state index contributed by atoms with van der Waals surface area (Å²) in [5.41, 5.74) is 0. The van der Waals surface area contributed by atoms with Gasteiger partial charge in [0.25, 0.3) is 0 Å². The molecule has 0 rings (SSSR count). The third-order valence-corrected chi connectivity index (χ3v) is 1.79. The average molecular weight is 141 g/mol. The van der Waals surface area contributed by atoms with E-state index >= 15 is 0 Å². The second-order valence-electron chi connectivity index (χ2n) is 3.73. The molecule has 0 aliphatic carbocycles. The molecule has 0 aromatic rings. The van der Waals surface area contributed by atoms with Gasteiger partial charge >= 0.3 is 0 Å². The van der Waals surface area contributed by atoms with E-state index < -0.39 is 0 Å². The highest BCUT2D eigenvalue weighted by Crippen LogP contribution is 2.06. The summed E-state index contributed by atoms with van der Waals surface area (Å²) in [7, 11) is 0. The van der Waals surface area contributed by atoms with Crippen molar-refractivity contribution in [3.63, 3.8) is 0 Å². The van der Waals surface area contributed by atoms with Crippen molar-refractivity contribution in [1.82, 2.24) is 4.81 Å². The van der Waals surface area contributed by atoms with Gasteiger partial charge in [0.15, 0.2) is 0 Å². The lowest BCUT2D eigenvalue weighted by Crippen LogP contribution is -2.44. The quantitative estimate of drug-likeness (QED) is 0.545. The Bertz CT molecular complexity index is 70.2. The van der Waals surface area contributed by atoms with Crippen molar-refractivity contribution in [1.29, 1.82) is 0 Å². The highest BCUT2D eigenvalue weighted by Gasteiger charge is 2.18. The van der Waals surface area contributed by atoms with E-state index in [-0.39, 0.29) is 0 Å². The van der Waals surface area contributed by atoms with Crippen molar-refractivity contribution in [2.24, 2.45) is 0 Å². The van der Waals surface area contributed by atoms with Crippen LogP contribution in [0.1, 0.15) is 27.7 Å². The lowest BCUT2D eigenvalue weighted by molar-refractivity contribution is 0.305. The normalized spacial score (nSPS) is 11.7. The largest absolute Gasteiger partial charge is 0.338 e. The van der Waals surface area contributed by atoms with Gasteiger partial charge in [-0.2, -0.15) is 0 Å². The minimum atomic E-state index is 0.667. The minimum absolute atomic E-state index is 0.667. The molecule has 0 aliphatic rings. The van der Waals surface area contributed by atoms with Crippen LogP contribution < -0.4 is 0 Å². The first-order chi connectivity index (χ1) is 4.46. The van der Waals surface area contributed by atoms with Crippen LogP contribution in [-0.4, -0.2) is 23.7 Å². The zero-order valence-electron chi connectivity index (χ0n) is 8.18. The predicted octanol–water partition coefficient (Wildman–Crippen LogP) is 2.36. The van der Waals surface area contributed by atoms with Crippen LogP contribution >= 0.6 is 0 Å². The number of rotatable bonds is 3. The summed E-state index contributed by atoms with van der Waals surface area (Å²) < 4.78 is 0. The summed E-state index contributed by atoms with van der Waals surface area (Å²) in [6, 6.07) is 1.33. The van der Waals surface area contributed by atoms with Crippen LogP contribution in [0.15, 0.2) is 0 Å². The van der Waals surface area contributed by atoms with E-state index in [9.17, 15) is 0 Å². The first kappa shape index (κ1) is 10.0. The Morgan fingerprint density at radius 2 is 1.20 bits per heavy atom. The van der Waals surface area contributed by atoms with Crippen molar-refractivity contribution < 1.29 is 0 Å². The maximum absolute atomic E-state index is 2.50. The van der Waals surface area contributed by atoms with Crippen LogP contribution in [0.2, 0.25) is 13.6 Å². The van der Waals surface area contributed by atoms with Gasteiger partial charge in [-0.05, 0) is 12.1 Å². The van der Waals surface area contributed by atoms with Crippen LogP contribution in [0.4, 0.5) is 0 Å². The Morgan fingerprint density at radius 1 is 0.900 bits per heavy atom. The van der Waals surface area contributed by atoms with E-state index in [0.29, 0.717) is 18.9 Å². The van der Waals surface area contributed by atoms with Crippen LogP contribution in [0.5, 0.6) is 0 Å². The Hall–Kier alpha value is 0.0249. The summed E-state index contributed by atoms with van der Waals surface area (Å²) in [6.07, 6.45) is 0. The van der Waals surface area contributed by atoms with E-state index in [1.165, 1.54) is 0 Å². The summed E-state index contributed by atoms with van der Waals surface area (Å²) in [5.74, 6) is 0. The summed E-state index contributed by atoms with van der Waals surface area (Å²) >= 11 is 0. The first-order valence-corrected chi connectivity index (χ1v) is 4.24. The van der Waals surface area contributed by atoms with Crippen molar-refractivity contribution in [2.45, 2.75) is 53.4 Å². The molecule has 0 bridgehead atoms. The average Bonchev–Trinajstić information content (AvgIpc) is 1.59. The van der Waals surface area contributed by atoms with Crippen molar-refractivity contribution >= 4 is 6.85 Å². The summed E-state index contributed by atoms with van der Waals surface area (Å²) in [4.78, 5) is 2.50. The molecule has 0 fully saturated rings. The molecule has 0 aromatic heterocycles. The van der Waals surface area contributed by atoms with Crippen LogP contribution in [0, 0.1) is 0 Å². The predicted molar refractivity (Wildman–Crippen MR) is 49.6 cm³/mol. The van der Waals surface area contributed by atoms with Gasteiger partial charge in [0.1, 0.15) is 0 Å². The molecular formula is C8H20BN. The van der Waals surface area contributed by atoms with Crippen molar-refractivity contribution in [3.05, 3.63) is 0 Å². The fraction of sp³-hybridized carbons (Fsp3) is 1.00. The molecule has 0 heterocycles. The second kappa shape index (κ2) is 4.02. The molecule has 10 heavy (non-hydrogen) atoms. The monoisotopic (exact) mass is 141 g/mol. The molecule has 0 saturated heterocycles. The number of hydrogen-bond donors (Lipinski definition) is 0. The van der Waals surface area contributed by atoms with Gasteiger partial charge in [0, 0.05) is 0 Å². The van der Waals surface area contributed by atoms with Crippen LogP contribution in [0.25, 0.3) is 0 Å². The molecule has 0 radical (unpaired) electrons. The fourth-order valence-corrected chi connectivity index (χ4v) is 1.79. The SMILES string of the molecule is CB(C)N(C(C)C)C(C)C. The van der Waals surface area contributed by atoms with E-state index in [1.54, 1.807) is 0 Å². The molecule has 1 nitrogen and oxygen atoms in total. The Balaban J connectivity index is 3.98. The molecule has 0 amide bonds. The molecule has 0 saturated carbocycles. The molecule has 0 aromatic carbocycles.